The molecule has 0 unspecified atom stereocenters. The van der Waals surface area contributed by atoms with Crippen molar-refractivity contribution in [1.29, 1.82) is 0 Å². The van der Waals surface area contributed by atoms with Crippen LogP contribution in [-0.4, -0.2) is 21.8 Å². The summed E-state index contributed by atoms with van der Waals surface area (Å²) in [5.41, 5.74) is 3.21. The standard InChI is InChI=1S/C19H16N4O2/c1-13(24)22-15-6-8-16(9-7-15)23-19(25)14-5-10-18(21-12-14)17-4-2-3-11-20-17/h2-12H,1H3,(H,22,24)(H,23,25). The van der Waals surface area contributed by atoms with Gasteiger partial charge in [0.2, 0.25) is 5.91 Å². The molecule has 0 radical (unpaired) electrons. The average Bonchev–Trinajstić information content (AvgIpc) is 2.64. The second-order valence-electron chi connectivity index (χ2n) is 5.36. The van der Waals surface area contributed by atoms with Gasteiger partial charge in [0.05, 0.1) is 17.0 Å². The number of hydrogen-bond donors (Lipinski definition) is 2. The normalized spacial score (nSPS) is 10.1. The quantitative estimate of drug-likeness (QED) is 0.767. The molecule has 2 N–H and O–H groups in total. The number of amides is 2. The van der Waals surface area contributed by atoms with E-state index in [0.29, 0.717) is 22.6 Å². The van der Waals surface area contributed by atoms with Gasteiger partial charge >= 0.3 is 0 Å². The number of nitrogens with zero attached hydrogens (tertiary/aromatic N) is 2. The summed E-state index contributed by atoms with van der Waals surface area (Å²) in [7, 11) is 0. The van der Waals surface area contributed by atoms with Crippen LogP contribution in [0.2, 0.25) is 0 Å². The molecule has 6 nitrogen and oxygen atoms in total. The number of rotatable bonds is 4. The van der Waals surface area contributed by atoms with Gasteiger partial charge in [0, 0.05) is 30.7 Å². The highest BCUT2D eigenvalue weighted by Gasteiger charge is 2.08. The third kappa shape index (κ3) is 4.26. The topological polar surface area (TPSA) is 84.0 Å². The van der Waals surface area contributed by atoms with E-state index < -0.39 is 0 Å². The van der Waals surface area contributed by atoms with Crippen LogP contribution < -0.4 is 10.6 Å². The van der Waals surface area contributed by atoms with Gasteiger partial charge in [0.1, 0.15) is 0 Å². The Morgan fingerprint density at radius 2 is 1.48 bits per heavy atom. The first-order chi connectivity index (χ1) is 12.1. The minimum atomic E-state index is -0.257. The molecule has 25 heavy (non-hydrogen) atoms. The monoisotopic (exact) mass is 332 g/mol. The van der Waals surface area contributed by atoms with Crippen molar-refractivity contribution in [3.63, 3.8) is 0 Å². The first-order valence-electron chi connectivity index (χ1n) is 7.68. The van der Waals surface area contributed by atoms with E-state index in [1.165, 1.54) is 13.1 Å². The molecule has 0 aliphatic rings. The lowest BCUT2D eigenvalue weighted by atomic mass is 10.2. The van der Waals surface area contributed by atoms with E-state index in [0.717, 1.165) is 5.69 Å². The Hall–Kier alpha value is -3.54. The zero-order valence-corrected chi connectivity index (χ0v) is 13.6. The number of aromatic nitrogens is 2. The van der Waals surface area contributed by atoms with Gasteiger partial charge < -0.3 is 10.6 Å². The van der Waals surface area contributed by atoms with E-state index in [1.807, 2.05) is 18.2 Å². The Morgan fingerprint density at radius 1 is 0.800 bits per heavy atom. The number of pyridine rings is 2. The summed E-state index contributed by atoms with van der Waals surface area (Å²) in [6.45, 7) is 1.44. The molecule has 1 aromatic carbocycles. The van der Waals surface area contributed by atoms with Gasteiger partial charge in [-0.1, -0.05) is 6.07 Å². The molecule has 3 aromatic rings. The number of benzene rings is 1. The predicted octanol–water partition coefficient (Wildman–Crippen LogP) is 3.35. The lowest BCUT2D eigenvalue weighted by Gasteiger charge is -2.07. The SMILES string of the molecule is CC(=O)Nc1ccc(NC(=O)c2ccc(-c3ccccn3)nc2)cc1. The molecule has 3 rings (SSSR count). The number of nitrogens with one attached hydrogen (secondary N) is 2. The largest absolute Gasteiger partial charge is 0.326 e. The van der Waals surface area contributed by atoms with Gasteiger partial charge in [0.15, 0.2) is 0 Å². The molecule has 2 aromatic heterocycles. The minimum Gasteiger partial charge on any atom is -0.326 e. The molecule has 0 aliphatic heterocycles. The van der Waals surface area contributed by atoms with Crippen LogP contribution >= 0.6 is 0 Å². The van der Waals surface area contributed by atoms with Crippen molar-refractivity contribution >= 4 is 23.2 Å². The summed E-state index contributed by atoms with van der Waals surface area (Å²) in [6, 6.07) is 15.9. The Labute approximate surface area is 145 Å². The third-order valence-electron chi connectivity index (χ3n) is 3.42. The number of hydrogen-bond acceptors (Lipinski definition) is 4. The summed E-state index contributed by atoms with van der Waals surface area (Å²) in [4.78, 5) is 31.8. The highest BCUT2D eigenvalue weighted by Crippen LogP contribution is 2.16. The minimum absolute atomic E-state index is 0.143. The van der Waals surface area contributed by atoms with Crippen LogP contribution in [0.15, 0.2) is 67.0 Å². The number of carbonyl (C=O) groups excluding carboxylic acids is 2. The summed E-state index contributed by atoms with van der Waals surface area (Å²) >= 11 is 0. The van der Waals surface area contributed by atoms with Crippen LogP contribution in [0, 0.1) is 0 Å². The fourth-order valence-electron chi connectivity index (χ4n) is 2.24. The first-order valence-corrected chi connectivity index (χ1v) is 7.68. The molecule has 0 saturated carbocycles. The van der Waals surface area contributed by atoms with Gasteiger partial charge in [-0.05, 0) is 48.5 Å². The van der Waals surface area contributed by atoms with Gasteiger partial charge in [-0.15, -0.1) is 0 Å². The second kappa shape index (κ2) is 7.35. The molecule has 0 spiro atoms. The molecule has 0 saturated heterocycles. The molecule has 0 atom stereocenters. The van der Waals surface area contributed by atoms with Crippen molar-refractivity contribution < 1.29 is 9.59 Å². The predicted molar refractivity (Wildman–Crippen MR) is 96.2 cm³/mol. The van der Waals surface area contributed by atoms with Crippen molar-refractivity contribution in [2.24, 2.45) is 0 Å². The lowest BCUT2D eigenvalue weighted by Crippen LogP contribution is -2.12. The van der Waals surface area contributed by atoms with Gasteiger partial charge in [-0.2, -0.15) is 0 Å². The van der Waals surface area contributed by atoms with Gasteiger partial charge in [-0.25, -0.2) is 0 Å². The Morgan fingerprint density at radius 3 is 2.04 bits per heavy atom. The van der Waals surface area contributed by atoms with Crippen LogP contribution in [0.5, 0.6) is 0 Å². The van der Waals surface area contributed by atoms with E-state index in [2.05, 4.69) is 20.6 Å². The van der Waals surface area contributed by atoms with Crippen molar-refractivity contribution in [2.75, 3.05) is 10.6 Å². The van der Waals surface area contributed by atoms with Crippen molar-refractivity contribution in [3.8, 4) is 11.4 Å². The van der Waals surface area contributed by atoms with E-state index >= 15 is 0 Å². The molecule has 2 heterocycles. The van der Waals surface area contributed by atoms with Crippen LogP contribution in [-0.2, 0) is 4.79 Å². The second-order valence-corrected chi connectivity index (χ2v) is 5.36. The molecular formula is C19H16N4O2. The smallest absolute Gasteiger partial charge is 0.257 e. The molecule has 0 bridgehead atoms. The van der Waals surface area contributed by atoms with Crippen molar-refractivity contribution in [3.05, 3.63) is 72.6 Å². The highest BCUT2D eigenvalue weighted by molar-refractivity contribution is 6.04. The summed E-state index contributed by atoms with van der Waals surface area (Å²) in [5, 5.41) is 5.46. The molecular weight excluding hydrogens is 316 g/mol. The highest BCUT2D eigenvalue weighted by atomic mass is 16.2. The lowest BCUT2D eigenvalue weighted by molar-refractivity contribution is -0.114. The zero-order chi connectivity index (χ0) is 17.6. The summed E-state index contributed by atoms with van der Waals surface area (Å²) in [6.07, 6.45) is 3.22. The Kier molecular flexibility index (Phi) is 4.80. The van der Waals surface area contributed by atoms with E-state index in [4.69, 9.17) is 0 Å². The van der Waals surface area contributed by atoms with E-state index in [9.17, 15) is 9.59 Å². The maximum absolute atomic E-state index is 12.3. The van der Waals surface area contributed by atoms with Crippen LogP contribution in [0.4, 0.5) is 11.4 Å². The van der Waals surface area contributed by atoms with E-state index in [-0.39, 0.29) is 11.8 Å². The van der Waals surface area contributed by atoms with Crippen molar-refractivity contribution in [1.82, 2.24) is 9.97 Å². The molecule has 0 aliphatic carbocycles. The third-order valence-corrected chi connectivity index (χ3v) is 3.42. The molecule has 6 heteroatoms. The zero-order valence-electron chi connectivity index (χ0n) is 13.6. The Bertz CT molecular complexity index is 876. The van der Waals surface area contributed by atoms with Gasteiger partial charge in [0.25, 0.3) is 5.91 Å². The average molecular weight is 332 g/mol. The Balaban J connectivity index is 1.68. The fourth-order valence-corrected chi connectivity index (χ4v) is 2.24. The summed E-state index contributed by atoms with van der Waals surface area (Å²) in [5.74, 6) is -0.400. The maximum Gasteiger partial charge on any atom is 0.257 e. The number of anilines is 2. The van der Waals surface area contributed by atoms with Crippen molar-refractivity contribution in [2.45, 2.75) is 6.92 Å². The van der Waals surface area contributed by atoms with Gasteiger partial charge in [-0.3, -0.25) is 19.6 Å². The molecule has 0 fully saturated rings. The van der Waals surface area contributed by atoms with E-state index in [1.54, 1.807) is 42.6 Å². The molecule has 124 valence electrons. The molecule has 2 amide bonds. The first kappa shape index (κ1) is 16.3. The maximum atomic E-state index is 12.3. The van der Waals surface area contributed by atoms with Crippen LogP contribution in [0.3, 0.4) is 0 Å². The fraction of sp³-hybridized carbons (Fsp3) is 0.0526. The summed E-state index contributed by atoms with van der Waals surface area (Å²) < 4.78 is 0. The van der Waals surface area contributed by atoms with Crippen LogP contribution in [0.1, 0.15) is 17.3 Å². The number of carbonyl (C=O) groups is 2. The van der Waals surface area contributed by atoms with Crippen LogP contribution in [0.25, 0.3) is 11.4 Å².